The maximum atomic E-state index is 9.38. The van der Waals surface area contributed by atoms with Crippen LogP contribution in [-0.4, -0.2) is 10.1 Å². The average Bonchev–Trinajstić information content (AvgIpc) is 2.54. The standard InChI is InChI=1S/C17H14BrNO2/c18-16-8-4-1-5-12(16)11-21-17-15-7-3-2-6-14(15)13(10-20)9-19-17/h1-9,20H,10-11H2. The summed E-state index contributed by atoms with van der Waals surface area (Å²) in [6, 6.07) is 15.7. The van der Waals surface area contributed by atoms with E-state index in [0.717, 1.165) is 26.4 Å². The lowest BCUT2D eigenvalue weighted by molar-refractivity contribution is 0.280. The van der Waals surface area contributed by atoms with Gasteiger partial charge in [0.25, 0.3) is 0 Å². The molecule has 2 aromatic carbocycles. The van der Waals surface area contributed by atoms with Crippen molar-refractivity contribution in [2.45, 2.75) is 13.2 Å². The number of hydrogen-bond donors (Lipinski definition) is 1. The summed E-state index contributed by atoms with van der Waals surface area (Å²) in [5, 5.41) is 11.3. The Morgan fingerprint density at radius 3 is 2.43 bits per heavy atom. The Bertz CT molecular complexity index is 774. The van der Waals surface area contributed by atoms with Crippen molar-refractivity contribution in [1.82, 2.24) is 4.98 Å². The Labute approximate surface area is 131 Å². The fraction of sp³-hybridized carbons (Fsp3) is 0.118. The number of aliphatic hydroxyl groups is 1. The Kier molecular flexibility index (Phi) is 4.18. The molecule has 1 N–H and O–H groups in total. The molecule has 1 aromatic heterocycles. The SMILES string of the molecule is OCc1cnc(OCc2ccccc2Br)c2ccccc12. The van der Waals surface area contributed by atoms with E-state index in [-0.39, 0.29) is 6.61 Å². The fourth-order valence-corrected chi connectivity index (χ4v) is 2.63. The number of pyridine rings is 1. The maximum absolute atomic E-state index is 9.38. The van der Waals surface area contributed by atoms with Crippen molar-refractivity contribution in [3.63, 3.8) is 0 Å². The summed E-state index contributed by atoms with van der Waals surface area (Å²) in [5.41, 5.74) is 1.87. The van der Waals surface area contributed by atoms with Crippen molar-refractivity contribution < 1.29 is 9.84 Å². The number of hydrogen-bond acceptors (Lipinski definition) is 3. The van der Waals surface area contributed by atoms with Crippen molar-refractivity contribution >= 4 is 26.7 Å². The molecule has 4 heteroatoms. The van der Waals surface area contributed by atoms with Crippen LogP contribution in [-0.2, 0) is 13.2 Å². The van der Waals surface area contributed by atoms with Gasteiger partial charge in [0.2, 0.25) is 5.88 Å². The summed E-state index contributed by atoms with van der Waals surface area (Å²) in [6.45, 7) is 0.412. The second-order valence-electron chi connectivity index (χ2n) is 4.67. The molecule has 106 valence electrons. The average molecular weight is 344 g/mol. The number of nitrogens with zero attached hydrogens (tertiary/aromatic N) is 1. The third-order valence-electron chi connectivity index (χ3n) is 3.33. The Morgan fingerprint density at radius 2 is 1.67 bits per heavy atom. The smallest absolute Gasteiger partial charge is 0.221 e. The largest absolute Gasteiger partial charge is 0.472 e. The summed E-state index contributed by atoms with van der Waals surface area (Å²) in [7, 11) is 0. The van der Waals surface area contributed by atoms with Crippen molar-refractivity contribution in [3.05, 3.63) is 70.3 Å². The highest BCUT2D eigenvalue weighted by atomic mass is 79.9. The molecule has 3 nitrogen and oxygen atoms in total. The summed E-state index contributed by atoms with van der Waals surface area (Å²) < 4.78 is 6.88. The second-order valence-corrected chi connectivity index (χ2v) is 5.53. The molecule has 1 heterocycles. The molecular formula is C17H14BrNO2. The highest BCUT2D eigenvalue weighted by Crippen LogP contribution is 2.27. The number of aliphatic hydroxyl groups excluding tert-OH is 1. The lowest BCUT2D eigenvalue weighted by Crippen LogP contribution is -2.00. The molecular weight excluding hydrogens is 330 g/mol. The summed E-state index contributed by atoms with van der Waals surface area (Å²) in [6.07, 6.45) is 1.66. The molecule has 3 rings (SSSR count). The van der Waals surface area contributed by atoms with Gasteiger partial charge in [-0.15, -0.1) is 0 Å². The van der Waals surface area contributed by atoms with E-state index in [4.69, 9.17) is 4.74 Å². The molecule has 0 aliphatic rings. The third-order valence-corrected chi connectivity index (χ3v) is 4.11. The predicted molar refractivity (Wildman–Crippen MR) is 86.1 cm³/mol. The zero-order chi connectivity index (χ0) is 14.7. The number of fused-ring (bicyclic) bond motifs is 1. The topological polar surface area (TPSA) is 42.4 Å². The first kappa shape index (κ1) is 14.0. The second kappa shape index (κ2) is 6.24. The minimum atomic E-state index is -0.0297. The van der Waals surface area contributed by atoms with Gasteiger partial charge < -0.3 is 9.84 Å². The maximum Gasteiger partial charge on any atom is 0.221 e. The summed E-state index contributed by atoms with van der Waals surface area (Å²) >= 11 is 3.51. The summed E-state index contributed by atoms with van der Waals surface area (Å²) in [5.74, 6) is 0.582. The van der Waals surface area contributed by atoms with Crippen LogP contribution in [0.1, 0.15) is 11.1 Å². The van der Waals surface area contributed by atoms with Crippen LogP contribution in [0, 0.1) is 0 Å². The van der Waals surface area contributed by atoms with E-state index < -0.39 is 0 Å². The molecule has 0 spiro atoms. The van der Waals surface area contributed by atoms with Gasteiger partial charge in [-0.2, -0.15) is 0 Å². The lowest BCUT2D eigenvalue weighted by atomic mass is 10.1. The summed E-state index contributed by atoms with van der Waals surface area (Å²) in [4.78, 5) is 4.32. The van der Waals surface area contributed by atoms with E-state index in [1.807, 2.05) is 48.5 Å². The number of ether oxygens (including phenoxy) is 1. The first-order chi connectivity index (χ1) is 10.3. The number of aromatic nitrogens is 1. The monoisotopic (exact) mass is 343 g/mol. The Hall–Kier alpha value is -1.91. The molecule has 3 aromatic rings. The van der Waals surface area contributed by atoms with Gasteiger partial charge in [-0.1, -0.05) is 52.3 Å². The molecule has 0 amide bonds. The first-order valence-electron chi connectivity index (χ1n) is 6.63. The molecule has 0 saturated carbocycles. The zero-order valence-corrected chi connectivity index (χ0v) is 12.9. The number of rotatable bonds is 4. The van der Waals surface area contributed by atoms with Crippen LogP contribution in [0.2, 0.25) is 0 Å². The van der Waals surface area contributed by atoms with Gasteiger partial charge in [0.05, 0.1) is 6.61 Å². The van der Waals surface area contributed by atoms with Gasteiger partial charge in [-0.3, -0.25) is 0 Å². The molecule has 0 aliphatic heterocycles. The van der Waals surface area contributed by atoms with Gasteiger partial charge in [0.1, 0.15) is 6.61 Å². The highest BCUT2D eigenvalue weighted by molar-refractivity contribution is 9.10. The van der Waals surface area contributed by atoms with E-state index in [0.29, 0.717) is 12.5 Å². The van der Waals surface area contributed by atoms with Gasteiger partial charge >= 0.3 is 0 Å². The van der Waals surface area contributed by atoms with Crippen molar-refractivity contribution in [3.8, 4) is 5.88 Å². The first-order valence-corrected chi connectivity index (χ1v) is 7.42. The fourth-order valence-electron chi connectivity index (χ4n) is 2.23. The van der Waals surface area contributed by atoms with Crippen LogP contribution in [0.4, 0.5) is 0 Å². The molecule has 0 aliphatic carbocycles. The molecule has 21 heavy (non-hydrogen) atoms. The quantitative estimate of drug-likeness (QED) is 0.776. The van der Waals surface area contributed by atoms with Crippen molar-refractivity contribution in [2.75, 3.05) is 0 Å². The van der Waals surface area contributed by atoms with Crippen molar-refractivity contribution in [1.29, 1.82) is 0 Å². The van der Waals surface area contributed by atoms with Gasteiger partial charge in [-0.25, -0.2) is 4.98 Å². The number of halogens is 1. The van der Waals surface area contributed by atoms with E-state index in [1.54, 1.807) is 6.20 Å². The van der Waals surface area contributed by atoms with Crippen molar-refractivity contribution in [2.24, 2.45) is 0 Å². The molecule has 0 radical (unpaired) electrons. The molecule has 0 atom stereocenters. The van der Waals surface area contributed by atoms with Crippen LogP contribution < -0.4 is 4.74 Å². The van der Waals surface area contributed by atoms with Crippen LogP contribution in [0.15, 0.2) is 59.2 Å². The molecule has 0 saturated heterocycles. The van der Waals surface area contributed by atoms with Crippen LogP contribution in [0.5, 0.6) is 5.88 Å². The predicted octanol–water partition coefficient (Wildman–Crippen LogP) is 4.07. The molecule has 0 fully saturated rings. The van der Waals surface area contributed by atoms with E-state index in [1.165, 1.54) is 0 Å². The molecule has 0 unspecified atom stereocenters. The van der Waals surface area contributed by atoms with Crippen LogP contribution in [0.3, 0.4) is 0 Å². The minimum Gasteiger partial charge on any atom is -0.472 e. The van der Waals surface area contributed by atoms with E-state index >= 15 is 0 Å². The van der Waals surface area contributed by atoms with Gasteiger partial charge in [0, 0.05) is 27.2 Å². The molecule has 0 bridgehead atoms. The van der Waals surface area contributed by atoms with Crippen LogP contribution in [0.25, 0.3) is 10.8 Å². The lowest BCUT2D eigenvalue weighted by Gasteiger charge is -2.11. The van der Waals surface area contributed by atoms with E-state index in [9.17, 15) is 5.11 Å². The zero-order valence-electron chi connectivity index (χ0n) is 11.3. The number of benzene rings is 2. The highest BCUT2D eigenvalue weighted by Gasteiger charge is 2.08. The Balaban J connectivity index is 1.93. The normalized spacial score (nSPS) is 10.8. The third kappa shape index (κ3) is 2.91. The van der Waals surface area contributed by atoms with E-state index in [2.05, 4.69) is 20.9 Å². The Morgan fingerprint density at radius 1 is 0.952 bits per heavy atom. The minimum absolute atomic E-state index is 0.0297. The van der Waals surface area contributed by atoms with Gasteiger partial charge in [0.15, 0.2) is 0 Å². The van der Waals surface area contributed by atoms with Crippen LogP contribution >= 0.6 is 15.9 Å². The van der Waals surface area contributed by atoms with Gasteiger partial charge in [-0.05, 0) is 17.5 Å².